The molecule has 0 bridgehead atoms. The summed E-state index contributed by atoms with van der Waals surface area (Å²) in [5.41, 5.74) is 0.210. The Kier molecular flexibility index (Phi) is 5.77. The highest BCUT2D eigenvalue weighted by atomic mass is 19.4. The van der Waals surface area contributed by atoms with Crippen LogP contribution in [-0.4, -0.2) is 38.0 Å². The first-order chi connectivity index (χ1) is 14.1. The van der Waals surface area contributed by atoms with Gasteiger partial charge >= 0.3 is 6.18 Å². The zero-order chi connectivity index (χ0) is 22.1. The summed E-state index contributed by atoms with van der Waals surface area (Å²) >= 11 is 0. The smallest absolute Gasteiger partial charge is 0.422 e. The Balaban J connectivity index is 1.94. The summed E-state index contributed by atoms with van der Waals surface area (Å²) in [7, 11) is 1.46. The molecule has 0 atom stereocenters. The molecule has 30 heavy (non-hydrogen) atoms. The van der Waals surface area contributed by atoms with Gasteiger partial charge in [-0.15, -0.1) is 0 Å². The van der Waals surface area contributed by atoms with E-state index in [1.807, 2.05) is 0 Å². The molecule has 2 aromatic carbocycles. The maximum absolute atomic E-state index is 13.6. The zero-order valence-electron chi connectivity index (χ0n) is 15.6. The van der Waals surface area contributed by atoms with Crippen LogP contribution in [0.5, 0.6) is 5.75 Å². The number of carbonyl (C=O) groups is 1. The average molecular weight is 425 g/mol. The number of nitrogens with one attached hydrogen (secondary N) is 2. The summed E-state index contributed by atoms with van der Waals surface area (Å²) in [4.78, 5) is 14.0. The van der Waals surface area contributed by atoms with Crippen molar-refractivity contribution in [3.63, 3.8) is 0 Å². The van der Waals surface area contributed by atoms with Crippen molar-refractivity contribution in [2.24, 2.45) is 0 Å². The summed E-state index contributed by atoms with van der Waals surface area (Å²) in [5, 5.41) is 11.2. The third kappa shape index (κ3) is 4.42. The van der Waals surface area contributed by atoms with Gasteiger partial charge in [0, 0.05) is 29.9 Å². The Morgan fingerprint density at radius 2 is 1.77 bits per heavy atom. The van der Waals surface area contributed by atoms with Crippen LogP contribution in [0.25, 0.3) is 0 Å². The van der Waals surface area contributed by atoms with Gasteiger partial charge < -0.3 is 15.0 Å². The third-order valence-electron chi connectivity index (χ3n) is 4.37. The van der Waals surface area contributed by atoms with Gasteiger partial charge in [-0.05, 0) is 36.4 Å². The molecule has 0 saturated heterocycles. The molecule has 0 spiro atoms. The number of likely N-dealkylation sites (N-methyl/N-ethyl adjacent to an activating group) is 1. The summed E-state index contributed by atoms with van der Waals surface area (Å²) in [5.74, 6) is -2.28. The van der Waals surface area contributed by atoms with E-state index in [1.165, 1.54) is 36.2 Å². The predicted octanol–water partition coefficient (Wildman–Crippen LogP) is 3.79. The van der Waals surface area contributed by atoms with Crippen molar-refractivity contribution >= 4 is 17.3 Å². The molecule has 1 aliphatic heterocycles. The number of hydrogen-bond donors (Lipinski definition) is 2. The third-order valence-corrected chi connectivity index (χ3v) is 4.37. The van der Waals surface area contributed by atoms with Crippen molar-refractivity contribution in [1.29, 1.82) is 5.41 Å². The number of benzene rings is 2. The lowest BCUT2D eigenvalue weighted by atomic mass is 10.0. The molecular formula is C20H16F5N3O2. The SMILES string of the molecule is CNC1=C(C(=N)c2ccc(F)cc2OCC(F)(F)F)CN(c2ccc(F)cc2)C1=O. The summed E-state index contributed by atoms with van der Waals surface area (Å²) in [6, 6.07) is 7.99. The van der Waals surface area contributed by atoms with Crippen LogP contribution in [0.4, 0.5) is 27.6 Å². The normalized spacial score (nSPS) is 14.3. The molecule has 10 heteroatoms. The molecule has 0 aromatic heterocycles. The van der Waals surface area contributed by atoms with E-state index in [9.17, 15) is 26.7 Å². The van der Waals surface area contributed by atoms with Crippen molar-refractivity contribution in [3.8, 4) is 5.75 Å². The quantitative estimate of drug-likeness (QED) is 0.547. The molecule has 0 unspecified atom stereocenters. The molecule has 0 fully saturated rings. The van der Waals surface area contributed by atoms with Gasteiger partial charge in [-0.2, -0.15) is 13.2 Å². The fraction of sp³-hybridized carbons (Fsp3) is 0.200. The first kappa shape index (κ1) is 21.3. The highest BCUT2D eigenvalue weighted by molar-refractivity contribution is 6.22. The monoisotopic (exact) mass is 425 g/mol. The van der Waals surface area contributed by atoms with Crippen LogP contribution in [0.1, 0.15) is 5.56 Å². The van der Waals surface area contributed by atoms with Gasteiger partial charge in [0.05, 0.1) is 12.3 Å². The second kappa shape index (κ2) is 8.13. The van der Waals surface area contributed by atoms with E-state index in [1.54, 1.807) is 0 Å². The summed E-state index contributed by atoms with van der Waals surface area (Å²) in [6.07, 6.45) is -4.65. The van der Waals surface area contributed by atoms with Crippen LogP contribution >= 0.6 is 0 Å². The van der Waals surface area contributed by atoms with Gasteiger partial charge in [0.1, 0.15) is 23.1 Å². The zero-order valence-corrected chi connectivity index (χ0v) is 15.6. The number of rotatable bonds is 6. The molecular weight excluding hydrogens is 409 g/mol. The van der Waals surface area contributed by atoms with E-state index in [-0.39, 0.29) is 29.1 Å². The minimum Gasteiger partial charge on any atom is -0.483 e. The van der Waals surface area contributed by atoms with Gasteiger partial charge in [0.25, 0.3) is 5.91 Å². The van der Waals surface area contributed by atoms with E-state index in [0.717, 1.165) is 18.2 Å². The van der Waals surface area contributed by atoms with E-state index in [0.29, 0.717) is 5.69 Å². The van der Waals surface area contributed by atoms with Crippen LogP contribution in [0.3, 0.4) is 0 Å². The van der Waals surface area contributed by atoms with E-state index in [4.69, 9.17) is 10.1 Å². The molecule has 158 valence electrons. The standard InChI is InChI=1S/C20H16F5N3O2/c1-27-18-15(9-28(19(18)29)13-5-2-11(21)3-6-13)17(26)14-7-4-12(22)8-16(14)30-10-20(23,24)25/h2-8,26-27H,9-10H2,1H3. The largest absolute Gasteiger partial charge is 0.483 e. The number of ether oxygens (including phenoxy) is 1. The number of amides is 1. The van der Waals surface area contributed by atoms with E-state index >= 15 is 0 Å². The lowest BCUT2D eigenvalue weighted by molar-refractivity contribution is -0.153. The minimum atomic E-state index is -4.65. The van der Waals surface area contributed by atoms with Crippen molar-refractivity contribution < 1.29 is 31.5 Å². The maximum Gasteiger partial charge on any atom is 0.422 e. The Labute approximate surface area is 168 Å². The number of anilines is 1. The fourth-order valence-corrected chi connectivity index (χ4v) is 3.01. The topological polar surface area (TPSA) is 65.4 Å². The molecule has 0 radical (unpaired) electrons. The van der Waals surface area contributed by atoms with Crippen LogP contribution in [0.15, 0.2) is 53.7 Å². The van der Waals surface area contributed by atoms with Gasteiger partial charge in [0.2, 0.25) is 0 Å². The molecule has 1 heterocycles. The number of nitrogens with zero attached hydrogens (tertiary/aromatic N) is 1. The first-order valence-corrected chi connectivity index (χ1v) is 8.67. The Bertz CT molecular complexity index is 1020. The highest BCUT2D eigenvalue weighted by Gasteiger charge is 2.34. The maximum atomic E-state index is 13.6. The minimum absolute atomic E-state index is 0.0513. The molecule has 3 rings (SSSR count). The van der Waals surface area contributed by atoms with Crippen LogP contribution in [-0.2, 0) is 4.79 Å². The summed E-state index contributed by atoms with van der Waals surface area (Å²) < 4.78 is 69.1. The number of halogens is 5. The number of hydrogen-bond acceptors (Lipinski definition) is 4. The van der Waals surface area contributed by atoms with E-state index in [2.05, 4.69) is 5.32 Å². The van der Waals surface area contributed by atoms with Crippen LogP contribution in [0.2, 0.25) is 0 Å². The van der Waals surface area contributed by atoms with Crippen LogP contribution < -0.4 is 15.0 Å². The Morgan fingerprint density at radius 3 is 2.37 bits per heavy atom. The lowest BCUT2D eigenvalue weighted by Crippen LogP contribution is -2.29. The van der Waals surface area contributed by atoms with Gasteiger partial charge in [-0.25, -0.2) is 8.78 Å². The number of carbonyl (C=O) groups excluding carboxylic acids is 1. The highest BCUT2D eigenvalue weighted by Crippen LogP contribution is 2.30. The van der Waals surface area contributed by atoms with Gasteiger partial charge in [-0.3, -0.25) is 10.2 Å². The fourth-order valence-electron chi connectivity index (χ4n) is 3.01. The molecule has 1 aliphatic rings. The average Bonchev–Trinajstić information content (AvgIpc) is 3.02. The van der Waals surface area contributed by atoms with Crippen molar-refractivity contribution in [2.45, 2.75) is 6.18 Å². The number of alkyl halides is 3. The van der Waals surface area contributed by atoms with E-state index < -0.39 is 36.1 Å². The Hall–Kier alpha value is -3.43. The van der Waals surface area contributed by atoms with Crippen LogP contribution in [0, 0.1) is 17.0 Å². The van der Waals surface area contributed by atoms with Crippen molar-refractivity contribution in [3.05, 3.63) is 70.9 Å². The summed E-state index contributed by atoms with van der Waals surface area (Å²) in [6.45, 7) is -1.75. The van der Waals surface area contributed by atoms with Gasteiger partial charge in [0.15, 0.2) is 6.61 Å². The Morgan fingerprint density at radius 1 is 1.13 bits per heavy atom. The lowest BCUT2D eigenvalue weighted by Gasteiger charge is -2.17. The second-order valence-electron chi connectivity index (χ2n) is 6.39. The molecule has 0 saturated carbocycles. The molecule has 5 nitrogen and oxygen atoms in total. The molecule has 1 amide bonds. The van der Waals surface area contributed by atoms with Crippen molar-refractivity contribution in [2.75, 3.05) is 25.1 Å². The predicted molar refractivity (Wildman–Crippen MR) is 99.6 cm³/mol. The van der Waals surface area contributed by atoms with Crippen molar-refractivity contribution in [1.82, 2.24) is 5.32 Å². The first-order valence-electron chi connectivity index (χ1n) is 8.67. The second-order valence-corrected chi connectivity index (χ2v) is 6.39. The molecule has 2 N–H and O–H groups in total. The molecule has 2 aromatic rings. The van der Waals surface area contributed by atoms with Gasteiger partial charge in [-0.1, -0.05) is 0 Å². The molecule has 0 aliphatic carbocycles.